The fourth-order valence-electron chi connectivity index (χ4n) is 1.46. The molecule has 1 heterocycles. The van der Waals surface area contributed by atoms with Crippen LogP contribution in [0.3, 0.4) is 0 Å². The third kappa shape index (κ3) is 3.17. The second-order valence-electron chi connectivity index (χ2n) is 3.58. The molecular formula is C11H11ClIN3O. The van der Waals surface area contributed by atoms with E-state index in [1.165, 1.54) is 0 Å². The maximum absolute atomic E-state index is 8.75. The summed E-state index contributed by atoms with van der Waals surface area (Å²) in [5.41, 5.74) is 1.67. The topological polar surface area (TPSA) is 50.9 Å². The van der Waals surface area contributed by atoms with Crippen LogP contribution in [-0.4, -0.2) is 26.7 Å². The first-order chi connectivity index (χ1) is 8.20. The van der Waals surface area contributed by atoms with Gasteiger partial charge < -0.3 is 5.11 Å². The van der Waals surface area contributed by atoms with Crippen LogP contribution in [0.2, 0.25) is 5.02 Å². The zero-order valence-corrected chi connectivity index (χ0v) is 11.9. The highest BCUT2D eigenvalue weighted by Gasteiger charge is 2.06. The molecule has 2 aromatic rings. The molecule has 0 aliphatic carbocycles. The van der Waals surface area contributed by atoms with Crippen molar-refractivity contribution in [1.29, 1.82) is 0 Å². The van der Waals surface area contributed by atoms with Crippen molar-refractivity contribution in [3.05, 3.63) is 38.7 Å². The van der Waals surface area contributed by atoms with Crippen molar-refractivity contribution in [3.8, 4) is 5.69 Å². The van der Waals surface area contributed by atoms with Crippen LogP contribution in [0.1, 0.15) is 12.1 Å². The zero-order chi connectivity index (χ0) is 12.3. The van der Waals surface area contributed by atoms with E-state index in [-0.39, 0.29) is 6.61 Å². The number of hydrogen-bond acceptors (Lipinski definition) is 3. The number of benzene rings is 1. The minimum absolute atomic E-state index is 0.164. The highest BCUT2D eigenvalue weighted by molar-refractivity contribution is 14.1. The highest BCUT2D eigenvalue weighted by Crippen LogP contribution is 2.22. The van der Waals surface area contributed by atoms with Gasteiger partial charge in [-0.25, -0.2) is 4.68 Å². The van der Waals surface area contributed by atoms with Gasteiger partial charge in [-0.1, -0.05) is 16.8 Å². The van der Waals surface area contributed by atoms with E-state index in [0.717, 1.165) is 21.4 Å². The average molecular weight is 364 g/mol. The van der Waals surface area contributed by atoms with Crippen LogP contribution in [0.15, 0.2) is 24.4 Å². The van der Waals surface area contributed by atoms with Crippen LogP contribution in [0.25, 0.3) is 5.69 Å². The van der Waals surface area contributed by atoms with Crippen molar-refractivity contribution in [2.24, 2.45) is 0 Å². The molecule has 0 aliphatic rings. The van der Waals surface area contributed by atoms with E-state index in [2.05, 4.69) is 32.9 Å². The maximum Gasteiger partial charge on any atom is 0.0850 e. The van der Waals surface area contributed by atoms with Crippen molar-refractivity contribution in [2.45, 2.75) is 12.8 Å². The second kappa shape index (κ2) is 5.79. The maximum atomic E-state index is 8.75. The van der Waals surface area contributed by atoms with Crippen LogP contribution in [0, 0.1) is 3.57 Å². The summed E-state index contributed by atoms with van der Waals surface area (Å²) in [6.07, 6.45) is 3.25. The molecule has 0 fully saturated rings. The van der Waals surface area contributed by atoms with Crippen molar-refractivity contribution < 1.29 is 5.11 Å². The Kier molecular flexibility index (Phi) is 4.36. The Morgan fingerprint density at radius 3 is 2.94 bits per heavy atom. The average Bonchev–Trinajstić information content (AvgIpc) is 2.75. The van der Waals surface area contributed by atoms with Crippen LogP contribution >= 0.6 is 34.2 Å². The summed E-state index contributed by atoms with van der Waals surface area (Å²) in [6, 6.07) is 5.76. The normalized spacial score (nSPS) is 10.8. The Hall–Kier alpha value is -0.660. The Morgan fingerprint density at radius 1 is 1.41 bits per heavy atom. The molecule has 0 saturated carbocycles. The van der Waals surface area contributed by atoms with Crippen LogP contribution in [-0.2, 0) is 6.42 Å². The molecule has 0 unspecified atom stereocenters. The number of aliphatic hydroxyl groups excluding tert-OH is 1. The van der Waals surface area contributed by atoms with Gasteiger partial charge in [0.1, 0.15) is 0 Å². The number of aryl methyl sites for hydroxylation is 1. The first kappa shape index (κ1) is 12.8. The van der Waals surface area contributed by atoms with E-state index >= 15 is 0 Å². The van der Waals surface area contributed by atoms with Gasteiger partial charge in [-0.2, -0.15) is 0 Å². The van der Waals surface area contributed by atoms with Crippen molar-refractivity contribution in [2.75, 3.05) is 6.61 Å². The molecule has 1 aromatic carbocycles. The van der Waals surface area contributed by atoms with Crippen molar-refractivity contribution in [1.82, 2.24) is 15.0 Å². The molecule has 0 atom stereocenters. The lowest BCUT2D eigenvalue weighted by Gasteiger charge is -2.02. The summed E-state index contributed by atoms with van der Waals surface area (Å²) in [4.78, 5) is 0. The first-order valence-corrected chi connectivity index (χ1v) is 6.64. The van der Waals surface area contributed by atoms with Gasteiger partial charge in [-0.3, -0.25) is 0 Å². The van der Waals surface area contributed by atoms with Gasteiger partial charge in [0.15, 0.2) is 0 Å². The Labute approximate surface area is 118 Å². The molecule has 0 spiro atoms. The SMILES string of the molecule is OCCCc1cn(-c2ccc(I)cc2Cl)nn1. The van der Waals surface area contributed by atoms with Crippen LogP contribution in [0.5, 0.6) is 0 Å². The van der Waals surface area contributed by atoms with Gasteiger partial charge in [-0.15, -0.1) is 5.10 Å². The number of rotatable bonds is 4. The molecule has 6 heteroatoms. The number of nitrogens with zero attached hydrogens (tertiary/aromatic N) is 3. The third-order valence-corrected chi connectivity index (χ3v) is 3.26. The summed E-state index contributed by atoms with van der Waals surface area (Å²) in [7, 11) is 0. The fraction of sp³-hybridized carbons (Fsp3) is 0.273. The largest absolute Gasteiger partial charge is 0.396 e. The lowest BCUT2D eigenvalue weighted by molar-refractivity contribution is 0.288. The van der Waals surface area contributed by atoms with E-state index in [0.29, 0.717) is 11.4 Å². The second-order valence-corrected chi connectivity index (χ2v) is 5.23. The van der Waals surface area contributed by atoms with Gasteiger partial charge in [0.2, 0.25) is 0 Å². The summed E-state index contributed by atoms with van der Waals surface area (Å²) in [5.74, 6) is 0. The fourth-order valence-corrected chi connectivity index (χ4v) is 2.40. The Bertz CT molecular complexity index is 515. The van der Waals surface area contributed by atoms with E-state index in [1.54, 1.807) is 4.68 Å². The van der Waals surface area contributed by atoms with Gasteiger partial charge >= 0.3 is 0 Å². The summed E-state index contributed by atoms with van der Waals surface area (Å²) in [6.45, 7) is 0.164. The van der Waals surface area contributed by atoms with E-state index in [9.17, 15) is 0 Å². The van der Waals surface area contributed by atoms with Gasteiger partial charge in [0.05, 0.1) is 22.6 Å². The molecule has 2 rings (SSSR count). The Balaban J connectivity index is 2.24. The monoisotopic (exact) mass is 363 g/mol. The molecule has 0 aliphatic heterocycles. The molecule has 0 saturated heterocycles. The third-order valence-electron chi connectivity index (χ3n) is 2.29. The molecule has 0 amide bonds. The minimum atomic E-state index is 0.164. The van der Waals surface area contributed by atoms with E-state index in [4.69, 9.17) is 16.7 Å². The van der Waals surface area contributed by atoms with Crippen molar-refractivity contribution in [3.63, 3.8) is 0 Å². The lowest BCUT2D eigenvalue weighted by Crippen LogP contribution is -1.96. The van der Waals surface area contributed by atoms with Crippen LogP contribution < -0.4 is 0 Å². The molecule has 0 bridgehead atoms. The standard InChI is InChI=1S/C11H11ClIN3O/c12-10-6-8(13)3-4-11(10)16-7-9(14-15-16)2-1-5-17/h3-4,6-7,17H,1-2,5H2. The Morgan fingerprint density at radius 2 is 2.24 bits per heavy atom. The van der Waals surface area contributed by atoms with Gasteiger partial charge in [0, 0.05) is 10.2 Å². The number of aliphatic hydroxyl groups is 1. The molecule has 4 nitrogen and oxygen atoms in total. The molecular weight excluding hydrogens is 352 g/mol. The van der Waals surface area contributed by atoms with Crippen molar-refractivity contribution >= 4 is 34.2 Å². The predicted molar refractivity (Wildman–Crippen MR) is 74.5 cm³/mol. The van der Waals surface area contributed by atoms with Crippen LogP contribution in [0.4, 0.5) is 0 Å². The highest BCUT2D eigenvalue weighted by atomic mass is 127. The number of aromatic nitrogens is 3. The smallest absolute Gasteiger partial charge is 0.0850 e. The lowest BCUT2D eigenvalue weighted by atomic mass is 10.2. The molecule has 0 radical (unpaired) electrons. The summed E-state index contributed by atoms with van der Waals surface area (Å²) >= 11 is 8.35. The first-order valence-electron chi connectivity index (χ1n) is 5.18. The number of hydrogen-bond donors (Lipinski definition) is 1. The zero-order valence-electron chi connectivity index (χ0n) is 8.98. The van der Waals surface area contributed by atoms with Gasteiger partial charge in [0.25, 0.3) is 0 Å². The number of halogens is 2. The quantitative estimate of drug-likeness (QED) is 0.849. The summed E-state index contributed by atoms with van der Waals surface area (Å²) in [5, 5.41) is 17.5. The predicted octanol–water partition coefficient (Wildman–Crippen LogP) is 2.45. The molecule has 1 aromatic heterocycles. The minimum Gasteiger partial charge on any atom is -0.396 e. The molecule has 90 valence electrons. The van der Waals surface area contributed by atoms with E-state index in [1.807, 2.05) is 24.4 Å². The molecule has 17 heavy (non-hydrogen) atoms. The van der Waals surface area contributed by atoms with E-state index < -0.39 is 0 Å². The summed E-state index contributed by atoms with van der Waals surface area (Å²) < 4.78 is 2.74. The molecule has 1 N–H and O–H groups in total. The van der Waals surface area contributed by atoms with Gasteiger partial charge in [-0.05, 0) is 53.6 Å².